The van der Waals surface area contributed by atoms with Crippen molar-refractivity contribution in [3.63, 3.8) is 0 Å². The van der Waals surface area contributed by atoms with Crippen molar-refractivity contribution in [2.45, 2.75) is 38.0 Å². The number of carbonyl (C=O) groups is 1. The van der Waals surface area contributed by atoms with E-state index in [0.29, 0.717) is 11.7 Å². The van der Waals surface area contributed by atoms with Gasteiger partial charge in [0.15, 0.2) is 0 Å². The second kappa shape index (κ2) is 5.76. The number of nitrogens with zero attached hydrogens (tertiary/aromatic N) is 1. The topological polar surface area (TPSA) is 65.2 Å². The van der Waals surface area contributed by atoms with Crippen molar-refractivity contribution in [3.8, 4) is 0 Å². The fraction of sp³-hybridized carbons (Fsp3) is 0.438. The molecule has 0 aliphatic heterocycles. The number of aromatic amines is 1. The molecule has 3 rings (SSSR count). The van der Waals surface area contributed by atoms with Crippen molar-refractivity contribution in [1.82, 2.24) is 10.3 Å². The molecule has 5 nitrogen and oxygen atoms in total. The van der Waals surface area contributed by atoms with Gasteiger partial charge in [0.25, 0.3) is 5.91 Å². The number of hydrogen-bond acceptors (Lipinski definition) is 2. The highest BCUT2D eigenvalue weighted by molar-refractivity contribution is 7.87. The van der Waals surface area contributed by atoms with Gasteiger partial charge in [0, 0.05) is 34.9 Å². The molecule has 2 N–H and O–H groups in total. The molecule has 22 heavy (non-hydrogen) atoms. The number of benzene rings is 1. The molecule has 1 saturated carbocycles. The minimum absolute atomic E-state index is 0.0561. The Morgan fingerprint density at radius 2 is 2.09 bits per heavy atom. The second-order valence-electron chi connectivity index (χ2n) is 6.02. The zero-order chi connectivity index (χ0) is 15.9. The van der Waals surface area contributed by atoms with Crippen LogP contribution in [0.3, 0.4) is 0 Å². The van der Waals surface area contributed by atoms with Gasteiger partial charge in [-0.05, 0) is 51.0 Å². The molecule has 1 aliphatic rings. The molecule has 1 aliphatic carbocycles. The summed E-state index contributed by atoms with van der Waals surface area (Å²) in [7, 11) is 0.756. The van der Waals surface area contributed by atoms with Gasteiger partial charge in [-0.1, -0.05) is 0 Å². The summed E-state index contributed by atoms with van der Waals surface area (Å²) in [6.07, 6.45) is 2.14. The molecule has 0 spiro atoms. The molecule has 0 saturated heterocycles. The number of fused-ring (bicyclic) bond motifs is 1. The highest BCUT2D eigenvalue weighted by Gasteiger charge is 2.24. The predicted molar refractivity (Wildman–Crippen MR) is 90.5 cm³/mol. The van der Waals surface area contributed by atoms with Gasteiger partial charge in [-0.3, -0.25) is 9.10 Å². The summed E-state index contributed by atoms with van der Waals surface area (Å²) < 4.78 is 14.0. The summed E-state index contributed by atoms with van der Waals surface area (Å²) in [6.45, 7) is 3.86. The lowest BCUT2D eigenvalue weighted by atomic mass is 10.2. The molecule has 1 atom stereocenters. The summed E-state index contributed by atoms with van der Waals surface area (Å²) in [5, 5.41) is 3.98. The lowest BCUT2D eigenvalue weighted by Gasteiger charge is -2.20. The fourth-order valence-electron chi connectivity index (χ4n) is 2.35. The zero-order valence-electron chi connectivity index (χ0n) is 13.1. The molecule has 0 bridgehead atoms. The molecule has 1 aromatic carbocycles. The van der Waals surface area contributed by atoms with Gasteiger partial charge in [-0.2, -0.15) is 0 Å². The van der Waals surface area contributed by atoms with E-state index in [0.717, 1.165) is 29.4 Å². The number of carbonyl (C=O) groups excluding carboxylic acids is 1. The number of aromatic nitrogens is 1. The number of hydrogen-bond donors (Lipinski definition) is 2. The Labute approximate surface area is 132 Å². The molecule has 6 heteroatoms. The third-order valence-corrected chi connectivity index (χ3v) is 5.36. The highest BCUT2D eigenvalue weighted by atomic mass is 32.2. The van der Waals surface area contributed by atoms with Gasteiger partial charge >= 0.3 is 0 Å². The first-order chi connectivity index (χ1) is 10.5. The van der Waals surface area contributed by atoms with E-state index < -0.39 is 11.0 Å². The first-order valence-electron chi connectivity index (χ1n) is 7.54. The predicted octanol–water partition coefficient (Wildman–Crippen LogP) is 2.57. The first kappa shape index (κ1) is 15.1. The van der Waals surface area contributed by atoms with Crippen LogP contribution in [0.4, 0.5) is 5.69 Å². The Bertz CT molecular complexity index is 734. The van der Waals surface area contributed by atoms with Crippen molar-refractivity contribution in [1.29, 1.82) is 0 Å². The lowest BCUT2D eigenvalue weighted by Crippen LogP contribution is -2.26. The molecule has 1 amide bonds. The van der Waals surface area contributed by atoms with E-state index in [1.165, 1.54) is 0 Å². The average Bonchev–Trinajstić information content (AvgIpc) is 3.20. The van der Waals surface area contributed by atoms with E-state index in [2.05, 4.69) is 10.3 Å². The Morgan fingerprint density at radius 3 is 2.73 bits per heavy atom. The summed E-state index contributed by atoms with van der Waals surface area (Å²) >= 11 is 0. The Kier molecular flexibility index (Phi) is 3.95. The first-order valence-corrected chi connectivity index (χ1v) is 8.71. The van der Waals surface area contributed by atoms with Crippen LogP contribution in [-0.2, 0) is 11.0 Å². The van der Waals surface area contributed by atoms with E-state index in [9.17, 15) is 9.00 Å². The third-order valence-electron chi connectivity index (χ3n) is 3.80. The number of H-pyrrole nitrogens is 1. The van der Waals surface area contributed by atoms with Crippen LogP contribution < -0.4 is 9.62 Å². The maximum absolute atomic E-state index is 12.2. The van der Waals surface area contributed by atoms with Crippen LogP contribution in [0.15, 0.2) is 24.3 Å². The summed E-state index contributed by atoms with van der Waals surface area (Å²) in [4.78, 5) is 15.2. The molecule has 1 unspecified atom stereocenters. The smallest absolute Gasteiger partial charge is 0.267 e. The monoisotopic (exact) mass is 319 g/mol. The molecule has 2 aromatic rings. The highest BCUT2D eigenvalue weighted by Crippen LogP contribution is 2.25. The van der Waals surface area contributed by atoms with Crippen molar-refractivity contribution in [2.24, 2.45) is 0 Å². The maximum Gasteiger partial charge on any atom is 0.267 e. The van der Waals surface area contributed by atoms with Gasteiger partial charge < -0.3 is 10.3 Å². The largest absolute Gasteiger partial charge is 0.351 e. The number of anilines is 1. The van der Waals surface area contributed by atoms with Crippen LogP contribution in [0.25, 0.3) is 10.9 Å². The number of nitrogens with one attached hydrogen (secondary N) is 2. The quantitative estimate of drug-likeness (QED) is 0.889. The molecule has 1 heterocycles. The average molecular weight is 319 g/mol. The molecule has 1 aromatic heterocycles. The SMILES string of the molecule is CC(C)S(=O)N(C)c1ccc2[nH]c(C(=O)NC3CC3)cc2c1. The standard InChI is InChI=1S/C16H21N3O2S/c1-10(2)22(21)19(3)13-6-7-14-11(8-13)9-15(18-14)16(20)17-12-4-5-12/h6-10,12,18H,4-5H2,1-3H3,(H,17,20). The Hall–Kier alpha value is -1.82. The van der Waals surface area contributed by atoms with Crippen LogP contribution in [0.1, 0.15) is 37.2 Å². The summed E-state index contributed by atoms with van der Waals surface area (Å²) in [6, 6.07) is 7.99. The van der Waals surface area contributed by atoms with Crippen molar-refractivity contribution in [2.75, 3.05) is 11.4 Å². The fourth-order valence-corrected chi connectivity index (χ4v) is 3.30. The molecular formula is C16H21N3O2S. The lowest BCUT2D eigenvalue weighted by molar-refractivity contribution is 0.0947. The Morgan fingerprint density at radius 1 is 1.36 bits per heavy atom. The van der Waals surface area contributed by atoms with Crippen molar-refractivity contribution in [3.05, 3.63) is 30.0 Å². The third kappa shape index (κ3) is 3.02. The van der Waals surface area contributed by atoms with Gasteiger partial charge in [0.2, 0.25) is 0 Å². The number of amides is 1. The van der Waals surface area contributed by atoms with Gasteiger partial charge in [0.1, 0.15) is 16.7 Å². The normalized spacial score (nSPS) is 16.0. The van der Waals surface area contributed by atoms with Crippen LogP contribution >= 0.6 is 0 Å². The minimum atomic E-state index is -1.07. The summed E-state index contributed by atoms with van der Waals surface area (Å²) in [5.41, 5.74) is 2.37. The van der Waals surface area contributed by atoms with Crippen LogP contribution in [-0.4, -0.2) is 33.4 Å². The van der Waals surface area contributed by atoms with E-state index >= 15 is 0 Å². The second-order valence-corrected chi connectivity index (χ2v) is 8.07. The van der Waals surface area contributed by atoms with E-state index in [-0.39, 0.29) is 11.2 Å². The summed E-state index contributed by atoms with van der Waals surface area (Å²) in [5.74, 6) is -0.0561. The van der Waals surface area contributed by atoms with E-state index in [4.69, 9.17) is 0 Å². The van der Waals surface area contributed by atoms with Gasteiger partial charge in [-0.15, -0.1) is 0 Å². The van der Waals surface area contributed by atoms with Crippen LogP contribution in [0.2, 0.25) is 0 Å². The molecule has 1 fully saturated rings. The van der Waals surface area contributed by atoms with Crippen molar-refractivity contribution < 1.29 is 9.00 Å². The maximum atomic E-state index is 12.2. The van der Waals surface area contributed by atoms with Crippen LogP contribution in [0.5, 0.6) is 0 Å². The number of rotatable bonds is 5. The van der Waals surface area contributed by atoms with Crippen molar-refractivity contribution >= 4 is 33.5 Å². The Balaban J connectivity index is 1.86. The molecule has 118 valence electrons. The van der Waals surface area contributed by atoms with Gasteiger partial charge in [0.05, 0.1) is 0 Å². The molecule has 0 radical (unpaired) electrons. The zero-order valence-corrected chi connectivity index (χ0v) is 13.9. The van der Waals surface area contributed by atoms with E-state index in [1.54, 1.807) is 4.31 Å². The van der Waals surface area contributed by atoms with Crippen LogP contribution in [0, 0.1) is 0 Å². The minimum Gasteiger partial charge on any atom is -0.351 e. The van der Waals surface area contributed by atoms with E-state index in [1.807, 2.05) is 45.2 Å². The molecular weight excluding hydrogens is 298 g/mol. The van der Waals surface area contributed by atoms with Gasteiger partial charge in [-0.25, -0.2) is 4.21 Å².